The van der Waals surface area contributed by atoms with E-state index in [1.54, 1.807) is 0 Å². The molecule has 0 heterocycles. The average molecular weight is 179 g/mol. The van der Waals surface area contributed by atoms with E-state index in [0.717, 1.165) is 6.42 Å². The zero-order valence-electron chi connectivity index (χ0n) is 6.78. The van der Waals surface area contributed by atoms with Gasteiger partial charge >= 0.3 is 0 Å². The van der Waals surface area contributed by atoms with Crippen LogP contribution in [0.3, 0.4) is 0 Å². The second-order valence-electron chi connectivity index (χ2n) is 2.54. The molecule has 0 aliphatic carbocycles. The number of aliphatic hydroxyl groups excluding tert-OH is 1. The second kappa shape index (κ2) is 6.76. The van der Waals surface area contributed by atoms with Crippen LogP contribution in [0.25, 0.3) is 0 Å². The van der Waals surface area contributed by atoms with Gasteiger partial charge in [0.2, 0.25) is 0 Å². The van der Waals surface area contributed by atoms with Gasteiger partial charge < -0.3 is 9.66 Å². The van der Waals surface area contributed by atoms with E-state index in [2.05, 4.69) is 0 Å². The second-order valence-corrected chi connectivity index (χ2v) is 3.72. The number of hydrogen-bond acceptors (Lipinski definition) is 3. The summed E-state index contributed by atoms with van der Waals surface area (Å²) in [5.41, 5.74) is 0. The molecule has 0 aromatic heterocycles. The third-order valence-corrected chi connectivity index (χ3v) is 2.58. The Balaban J connectivity index is 3.60. The van der Waals surface area contributed by atoms with Gasteiger partial charge in [0.15, 0.2) is 0 Å². The Bertz CT molecular complexity index is 116. The van der Waals surface area contributed by atoms with E-state index in [9.17, 15) is 8.76 Å². The van der Waals surface area contributed by atoms with Gasteiger partial charge in [0.1, 0.15) is 0 Å². The van der Waals surface area contributed by atoms with Gasteiger partial charge in [0, 0.05) is 11.9 Å². The lowest BCUT2D eigenvalue weighted by atomic mass is 10.1. The van der Waals surface area contributed by atoms with Gasteiger partial charge in [-0.15, -0.1) is 0 Å². The summed E-state index contributed by atoms with van der Waals surface area (Å²) in [5.74, 6) is 0. The van der Waals surface area contributed by atoms with Gasteiger partial charge in [-0.25, -0.2) is 0 Å². The van der Waals surface area contributed by atoms with Crippen LogP contribution in [0.1, 0.15) is 32.6 Å². The first-order valence-corrected chi connectivity index (χ1v) is 5.05. The van der Waals surface area contributed by atoms with Gasteiger partial charge in [0.05, 0.1) is 0 Å². The third kappa shape index (κ3) is 5.35. The summed E-state index contributed by atoms with van der Waals surface area (Å²) in [6.07, 6.45) is 2.75. The van der Waals surface area contributed by atoms with Gasteiger partial charge in [0.25, 0.3) is 0 Å². The van der Waals surface area contributed by atoms with Crippen LogP contribution in [0.2, 0.25) is 0 Å². The minimum absolute atomic E-state index is 0.0808. The maximum atomic E-state index is 10.5. The van der Waals surface area contributed by atoms with E-state index in [0.29, 0.717) is 19.3 Å². The Morgan fingerprint density at radius 2 is 2.18 bits per heavy atom. The van der Waals surface area contributed by atoms with Crippen molar-refractivity contribution in [3.63, 3.8) is 0 Å². The molecule has 11 heavy (non-hydrogen) atoms. The minimum atomic E-state index is -1.97. The van der Waals surface area contributed by atoms with Crippen molar-refractivity contribution in [3.8, 4) is 0 Å². The molecular formula is C7H15O3S-. The number of aliphatic hydroxyl groups is 1. The SMILES string of the molecule is CCCC(CCCO)S(=O)[O-]. The van der Waals surface area contributed by atoms with Gasteiger partial charge in [-0.3, -0.25) is 4.21 Å². The first-order valence-electron chi connectivity index (χ1n) is 3.91. The lowest BCUT2D eigenvalue weighted by Gasteiger charge is -2.17. The fourth-order valence-corrected chi connectivity index (χ4v) is 1.76. The largest absolute Gasteiger partial charge is 0.772 e. The molecular weight excluding hydrogens is 164 g/mol. The molecule has 2 unspecified atom stereocenters. The lowest BCUT2D eigenvalue weighted by Crippen LogP contribution is -2.14. The maximum absolute atomic E-state index is 10.5. The lowest BCUT2D eigenvalue weighted by molar-refractivity contribution is 0.282. The Labute approximate surface area is 70.1 Å². The highest BCUT2D eigenvalue weighted by Gasteiger charge is 2.06. The van der Waals surface area contributed by atoms with E-state index in [1.165, 1.54) is 0 Å². The highest BCUT2D eigenvalue weighted by Crippen LogP contribution is 2.09. The highest BCUT2D eigenvalue weighted by atomic mass is 32.2. The number of hydrogen-bond donors (Lipinski definition) is 1. The molecule has 0 aliphatic heterocycles. The van der Waals surface area contributed by atoms with E-state index < -0.39 is 11.1 Å². The highest BCUT2D eigenvalue weighted by molar-refractivity contribution is 7.79. The Kier molecular flexibility index (Phi) is 6.80. The zero-order chi connectivity index (χ0) is 8.69. The molecule has 0 rings (SSSR count). The van der Waals surface area contributed by atoms with Crippen LogP contribution in [-0.4, -0.2) is 25.7 Å². The van der Waals surface area contributed by atoms with E-state index in [1.807, 2.05) is 6.92 Å². The Morgan fingerprint density at radius 1 is 1.55 bits per heavy atom. The number of rotatable bonds is 6. The first-order chi connectivity index (χ1) is 5.22. The van der Waals surface area contributed by atoms with Crippen molar-refractivity contribution in [2.24, 2.45) is 0 Å². The fraction of sp³-hybridized carbons (Fsp3) is 1.00. The van der Waals surface area contributed by atoms with Crippen LogP contribution in [0.5, 0.6) is 0 Å². The van der Waals surface area contributed by atoms with Crippen LogP contribution in [-0.2, 0) is 11.1 Å². The molecule has 1 N–H and O–H groups in total. The van der Waals surface area contributed by atoms with Crippen LogP contribution in [0.4, 0.5) is 0 Å². The normalized spacial score (nSPS) is 16.3. The molecule has 0 aromatic rings. The summed E-state index contributed by atoms with van der Waals surface area (Å²) in [6.45, 7) is 2.04. The Morgan fingerprint density at radius 3 is 2.55 bits per heavy atom. The summed E-state index contributed by atoms with van der Waals surface area (Å²) in [5, 5.41) is 8.21. The van der Waals surface area contributed by atoms with Crippen molar-refractivity contribution in [3.05, 3.63) is 0 Å². The molecule has 0 saturated heterocycles. The van der Waals surface area contributed by atoms with E-state index in [4.69, 9.17) is 5.11 Å². The van der Waals surface area contributed by atoms with Crippen molar-refractivity contribution < 1.29 is 13.9 Å². The van der Waals surface area contributed by atoms with Crippen molar-refractivity contribution in [2.45, 2.75) is 37.9 Å². The molecule has 0 fully saturated rings. The summed E-state index contributed by atoms with van der Waals surface area (Å²) in [6, 6.07) is 0. The molecule has 68 valence electrons. The predicted molar refractivity (Wildman–Crippen MR) is 43.9 cm³/mol. The summed E-state index contributed by atoms with van der Waals surface area (Å²) in [4.78, 5) is 0. The molecule has 0 amide bonds. The monoisotopic (exact) mass is 179 g/mol. The van der Waals surface area contributed by atoms with Crippen molar-refractivity contribution in [1.82, 2.24) is 0 Å². The topological polar surface area (TPSA) is 60.4 Å². The van der Waals surface area contributed by atoms with Crippen molar-refractivity contribution >= 4 is 11.1 Å². The first kappa shape index (κ1) is 11.1. The van der Waals surface area contributed by atoms with Crippen LogP contribution < -0.4 is 0 Å². The molecule has 3 nitrogen and oxygen atoms in total. The molecule has 0 aromatic carbocycles. The third-order valence-electron chi connectivity index (χ3n) is 1.57. The quantitative estimate of drug-likeness (QED) is 0.614. The zero-order valence-corrected chi connectivity index (χ0v) is 7.60. The summed E-state index contributed by atoms with van der Waals surface area (Å²) < 4.78 is 21.0. The van der Waals surface area contributed by atoms with Crippen molar-refractivity contribution in [2.75, 3.05) is 6.61 Å². The molecule has 0 saturated carbocycles. The molecule has 0 aliphatic rings. The molecule has 4 heteroatoms. The van der Waals surface area contributed by atoms with E-state index >= 15 is 0 Å². The standard InChI is InChI=1S/C7H16O3S/c1-2-4-7(11(9)10)5-3-6-8/h7-8H,2-6H2,1H3,(H,9,10)/p-1. The molecule has 0 bridgehead atoms. The van der Waals surface area contributed by atoms with Crippen LogP contribution in [0.15, 0.2) is 0 Å². The summed E-state index contributed by atoms with van der Waals surface area (Å²) >= 11 is -1.97. The molecule has 0 radical (unpaired) electrons. The van der Waals surface area contributed by atoms with Crippen LogP contribution >= 0.6 is 0 Å². The average Bonchev–Trinajstić information content (AvgIpc) is 1.97. The smallest absolute Gasteiger partial charge is 0.0431 e. The predicted octanol–water partition coefficient (Wildman–Crippen LogP) is 0.807. The maximum Gasteiger partial charge on any atom is 0.0431 e. The molecule has 0 spiro atoms. The molecule has 2 atom stereocenters. The van der Waals surface area contributed by atoms with Gasteiger partial charge in [-0.05, 0) is 19.3 Å². The summed E-state index contributed by atoms with van der Waals surface area (Å²) in [7, 11) is 0. The fourth-order valence-electron chi connectivity index (χ4n) is 0.978. The van der Waals surface area contributed by atoms with Crippen LogP contribution in [0, 0.1) is 0 Å². The Hall–Kier alpha value is 0.0700. The van der Waals surface area contributed by atoms with Gasteiger partial charge in [-0.1, -0.05) is 24.4 Å². The van der Waals surface area contributed by atoms with Gasteiger partial charge in [-0.2, -0.15) is 0 Å². The van der Waals surface area contributed by atoms with Crippen molar-refractivity contribution in [1.29, 1.82) is 0 Å². The van der Waals surface area contributed by atoms with E-state index in [-0.39, 0.29) is 11.9 Å². The minimum Gasteiger partial charge on any atom is -0.772 e.